The molecule has 0 radical (unpaired) electrons. The molecule has 0 unspecified atom stereocenters. The standard InChI is InChI=1S/C19H25N3O2/c1-16-7-9-22(10-8-16)19(24)18(13-20)15-21(11-12-23)14-17-5-3-2-4-6-17/h2-6,15-16,23H,7-12,14H2,1H3/b18-15-. The van der Waals surface area contributed by atoms with Crippen molar-refractivity contribution in [2.24, 2.45) is 5.92 Å². The Morgan fingerprint density at radius 3 is 2.62 bits per heavy atom. The molecule has 1 aromatic rings. The van der Waals surface area contributed by atoms with Crippen molar-refractivity contribution in [3.8, 4) is 6.07 Å². The molecule has 5 nitrogen and oxygen atoms in total. The highest BCUT2D eigenvalue weighted by molar-refractivity contribution is 5.97. The van der Waals surface area contributed by atoms with Gasteiger partial charge in [-0.2, -0.15) is 5.26 Å². The Kier molecular flexibility index (Phi) is 6.83. The summed E-state index contributed by atoms with van der Waals surface area (Å²) in [5.74, 6) is 0.424. The number of carbonyl (C=O) groups excluding carboxylic acids is 1. The number of piperidine rings is 1. The van der Waals surface area contributed by atoms with Gasteiger partial charge in [0.05, 0.1) is 6.61 Å². The van der Waals surface area contributed by atoms with Crippen LogP contribution in [0, 0.1) is 17.2 Å². The fraction of sp³-hybridized carbons (Fsp3) is 0.474. The van der Waals surface area contributed by atoms with Crippen LogP contribution in [0.2, 0.25) is 0 Å². The molecule has 5 heteroatoms. The molecule has 1 aliphatic heterocycles. The van der Waals surface area contributed by atoms with Gasteiger partial charge in [0.2, 0.25) is 0 Å². The molecule has 1 amide bonds. The maximum Gasteiger partial charge on any atom is 0.266 e. The van der Waals surface area contributed by atoms with Crippen LogP contribution in [-0.4, -0.2) is 47.1 Å². The van der Waals surface area contributed by atoms with E-state index in [-0.39, 0.29) is 18.1 Å². The van der Waals surface area contributed by atoms with Crippen LogP contribution in [0.4, 0.5) is 0 Å². The monoisotopic (exact) mass is 327 g/mol. The second-order valence-electron chi connectivity index (χ2n) is 6.31. The second kappa shape index (κ2) is 9.09. The number of amides is 1. The van der Waals surface area contributed by atoms with Crippen LogP contribution >= 0.6 is 0 Å². The number of hydrogen-bond donors (Lipinski definition) is 1. The molecule has 0 aromatic heterocycles. The SMILES string of the molecule is CC1CCN(C(=O)/C(C#N)=C\N(CCO)Cc2ccccc2)CC1. The molecular formula is C19H25N3O2. The summed E-state index contributed by atoms with van der Waals surface area (Å²) in [6.45, 7) is 4.50. The predicted molar refractivity (Wildman–Crippen MR) is 92.6 cm³/mol. The van der Waals surface area contributed by atoms with E-state index in [1.165, 1.54) is 0 Å². The average molecular weight is 327 g/mol. The number of benzene rings is 1. The zero-order chi connectivity index (χ0) is 17.4. The number of hydrogen-bond acceptors (Lipinski definition) is 4. The highest BCUT2D eigenvalue weighted by Crippen LogP contribution is 2.18. The Morgan fingerprint density at radius 1 is 1.38 bits per heavy atom. The molecule has 1 N–H and O–H groups in total. The molecule has 0 aliphatic carbocycles. The van der Waals surface area contributed by atoms with Gasteiger partial charge in [-0.05, 0) is 24.3 Å². The van der Waals surface area contributed by atoms with Crippen LogP contribution in [0.3, 0.4) is 0 Å². The molecule has 1 aromatic carbocycles. The third kappa shape index (κ3) is 5.10. The van der Waals surface area contributed by atoms with Gasteiger partial charge in [-0.15, -0.1) is 0 Å². The van der Waals surface area contributed by atoms with E-state index < -0.39 is 0 Å². The van der Waals surface area contributed by atoms with Crippen LogP contribution in [0.15, 0.2) is 42.1 Å². The summed E-state index contributed by atoms with van der Waals surface area (Å²) in [6.07, 6.45) is 3.55. The number of nitrogens with zero attached hydrogens (tertiary/aromatic N) is 3. The van der Waals surface area contributed by atoms with Gasteiger partial charge >= 0.3 is 0 Å². The molecule has 0 atom stereocenters. The van der Waals surface area contributed by atoms with E-state index in [1.807, 2.05) is 41.3 Å². The van der Waals surface area contributed by atoms with Crippen molar-refractivity contribution in [1.82, 2.24) is 9.80 Å². The predicted octanol–water partition coefficient (Wildman–Crippen LogP) is 2.15. The number of carbonyl (C=O) groups is 1. The molecule has 1 saturated heterocycles. The molecule has 24 heavy (non-hydrogen) atoms. The lowest BCUT2D eigenvalue weighted by Crippen LogP contribution is -2.39. The zero-order valence-corrected chi connectivity index (χ0v) is 14.2. The smallest absolute Gasteiger partial charge is 0.266 e. The summed E-state index contributed by atoms with van der Waals surface area (Å²) >= 11 is 0. The number of likely N-dealkylation sites (tertiary alicyclic amines) is 1. The largest absolute Gasteiger partial charge is 0.395 e. The Morgan fingerprint density at radius 2 is 2.04 bits per heavy atom. The topological polar surface area (TPSA) is 67.6 Å². The first-order valence-electron chi connectivity index (χ1n) is 8.44. The summed E-state index contributed by atoms with van der Waals surface area (Å²) in [6, 6.07) is 11.8. The van der Waals surface area contributed by atoms with Gasteiger partial charge in [0.15, 0.2) is 0 Å². The maximum absolute atomic E-state index is 12.6. The van der Waals surface area contributed by atoms with Gasteiger partial charge in [0.25, 0.3) is 5.91 Å². The number of nitriles is 1. The van der Waals surface area contributed by atoms with E-state index in [4.69, 9.17) is 0 Å². The summed E-state index contributed by atoms with van der Waals surface area (Å²) in [4.78, 5) is 16.2. The minimum absolute atomic E-state index is 0.0303. The third-order valence-corrected chi connectivity index (χ3v) is 4.35. The molecule has 0 bridgehead atoms. The van der Waals surface area contributed by atoms with Crippen LogP contribution in [0.1, 0.15) is 25.3 Å². The molecule has 0 spiro atoms. The summed E-state index contributed by atoms with van der Waals surface area (Å²) in [5, 5.41) is 18.7. The van der Waals surface area contributed by atoms with Crippen molar-refractivity contribution in [2.45, 2.75) is 26.3 Å². The lowest BCUT2D eigenvalue weighted by atomic mass is 9.99. The van der Waals surface area contributed by atoms with Gasteiger partial charge in [-0.1, -0.05) is 37.3 Å². The number of aliphatic hydroxyl groups excluding tert-OH is 1. The van der Waals surface area contributed by atoms with Gasteiger partial charge in [0, 0.05) is 32.4 Å². The van der Waals surface area contributed by atoms with Gasteiger partial charge in [-0.3, -0.25) is 4.79 Å². The van der Waals surface area contributed by atoms with Crippen LogP contribution < -0.4 is 0 Å². The van der Waals surface area contributed by atoms with Gasteiger partial charge in [-0.25, -0.2) is 0 Å². The molecule has 1 aliphatic rings. The van der Waals surface area contributed by atoms with Crippen molar-refractivity contribution < 1.29 is 9.90 Å². The van der Waals surface area contributed by atoms with Crippen molar-refractivity contribution in [3.05, 3.63) is 47.7 Å². The second-order valence-corrected chi connectivity index (χ2v) is 6.31. The van der Waals surface area contributed by atoms with E-state index in [2.05, 4.69) is 6.92 Å². The first-order valence-corrected chi connectivity index (χ1v) is 8.44. The highest BCUT2D eigenvalue weighted by atomic mass is 16.3. The molecule has 128 valence electrons. The fourth-order valence-electron chi connectivity index (χ4n) is 2.83. The summed E-state index contributed by atoms with van der Waals surface area (Å²) < 4.78 is 0. The van der Waals surface area contributed by atoms with E-state index in [0.717, 1.165) is 18.4 Å². The molecule has 0 saturated carbocycles. The molecule has 1 heterocycles. The number of rotatable bonds is 6. The first kappa shape index (κ1) is 18.0. The van der Waals surface area contributed by atoms with Gasteiger partial charge < -0.3 is 14.9 Å². The van der Waals surface area contributed by atoms with Crippen LogP contribution in [-0.2, 0) is 11.3 Å². The Hall–Kier alpha value is -2.32. The van der Waals surface area contributed by atoms with Crippen molar-refractivity contribution in [2.75, 3.05) is 26.2 Å². The van der Waals surface area contributed by atoms with E-state index >= 15 is 0 Å². The first-order chi connectivity index (χ1) is 11.6. The van der Waals surface area contributed by atoms with Crippen molar-refractivity contribution in [3.63, 3.8) is 0 Å². The van der Waals surface area contributed by atoms with E-state index in [0.29, 0.717) is 32.1 Å². The Bertz CT molecular complexity index is 599. The Balaban J connectivity index is 2.09. The number of aliphatic hydroxyl groups is 1. The quantitative estimate of drug-likeness (QED) is 0.642. The van der Waals surface area contributed by atoms with Crippen LogP contribution in [0.5, 0.6) is 0 Å². The lowest BCUT2D eigenvalue weighted by Gasteiger charge is -2.30. The van der Waals surface area contributed by atoms with Crippen molar-refractivity contribution in [1.29, 1.82) is 5.26 Å². The average Bonchev–Trinajstić information content (AvgIpc) is 2.60. The maximum atomic E-state index is 12.6. The minimum Gasteiger partial charge on any atom is -0.395 e. The highest BCUT2D eigenvalue weighted by Gasteiger charge is 2.23. The third-order valence-electron chi connectivity index (χ3n) is 4.35. The van der Waals surface area contributed by atoms with Crippen LogP contribution in [0.25, 0.3) is 0 Å². The minimum atomic E-state index is -0.208. The molecule has 2 rings (SSSR count). The van der Waals surface area contributed by atoms with Crippen molar-refractivity contribution >= 4 is 5.91 Å². The lowest BCUT2D eigenvalue weighted by molar-refractivity contribution is -0.128. The summed E-state index contributed by atoms with van der Waals surface area (Å²) in [7, 11) is 0. The van der Waals surface area contributed by atoms with Gasteiger partial charge in [0.1, 0.15) is 11.6 Å². The molecular weight excluding hydrogens is 302 g/mol. The molecule has 1 fully saturated rings. The fourth-order valence-corrected chi connectivity index (χ4v) is 2.83. The Labute approximate surface area is 143 Å². The summed E-state index contributed by atoms with van der Waals surface area (Å²) in [5.41, 5.74) is 1.20. The zero-order valence-electron chi connectivity index (χ0n) is 14.2. The normalized spacial score (nSPS) is 15.9. The van der Waals surface area contributed by atoms with E-state index in [9.17, 15) is 15.2 Å². The van der Waals surface area contributed by atoms with E-state index in [1.54, 1.807) is 11.1 Å².